The number of nitrogens with zero attached hydrogens (tertiary/aromatic N) is 1. The fraction of sp³-hybridized carbons (Fsp3) is 0.153. The van der Waals surface area contributed by atoms with Crippen molar-refractivity contribution in [3.8, 4) is 0 Å². The van der Waals surface area contributed by atoms with Crippen molar-refractivity contribution in [2.24, 2.45) is 0 Å². The summed E-state index contributed by atoms with van der Waals surface area (Å²) in [6, 6.07) is 43.3. The summed E-state index contributed by atoms with van der Waals surface area (Å²) in [5.41, 5.74) is 8.08. The van der Waals surface area contributed by atoms with Crippen molar-refractivity contribution in [1.29, 1.82) is 0 Å². The highest BCUT2D eigenvalue weighted by atomic mass is 16.5. The Balaban J connectivity index is 1.19. The predicted molar refractivity (Wildman–Crippen MR) is 255 cm³/mol. The Morgan fingerprint density at radius 2 is 0.902 bits per heavy atom. The molecule has 14 aromatic carbocycles. The van der Waals surface area contributed by atoms with Crippen molar-refractivity contribution >= 4 is 135 Å². The van der Waals surface area contributed by atoms with E-state index < -0.39 is 10.8 Å². The Bertz CT molecular complexity index is 4490. The van der Waals surface area contributed by atoms with Crippen molar-refractivity contribution in [3.63, 3.8) is 0 Å². The third-order valence-corrected chi connectivity index (χ3v) is 18.1. The number of allylic oxidation sites excluding steroid dienone is 2. The first kappa shape index (κ1) is 29.5. The Morgan fingerprint density at radius 1 is 0.459 bits per heavy atom. The van der Waals surface area contributed by atoms with Crippen LogP contribution >= 0.6 is 0 Å². The van der Waals surface area contributed by atoms with E-state index in [2.05, 4.69) is 133 Å². The molecule has 1 fully saturated rings. The molecule has 0 N–H and O–H groups in total. The van der Waals surface area contributed by atoms with E-state index in [0.717, 1.165) is 19.4 Å². The smallest absolute Gasteiger partial charge is 0.0698 e. The largest absolute Gasteiger partial charge is 0.379 e. The van der Waals surface area contributed by atoms with Crippen molar-refractivity contribution in [1.82, 2.24) is 0 Å². The first-order valence-electron chi connectivity index (χ1n) is 22.7. The van der Waals surface area contributed by atoms with Crippen LogP contribution in [0.4, 0.5) is 5.69 Å². The summed E-state index contributed by atoms with van der Waals surface area (Å²) in [4.78, 5) is 2.90. The molecule has 0 radical (unpaired) electrons. The van der Waals surface area contributed by atoms with Gasteiger partial charge >= 0.3 is 0 Å². The van der Waals surface area contributed by atoms with Crippen LogP contribution in [-0.2, 0) is 15.6 Å². The number of fused-ring (bicyclic) bond motifs is 3. The molecule has 2 nitrogen and oxygen atoms in total. The zero-order valence-corrected chi connectivity index (χ0v) is 33.4. The molecule has 4 atom stereocenters. The Kier molecular flexibility index (Phi) is 4.21. The molecule has 2 spiro atoms. The van der Waals surface area contributed by atoms with Gasteiger partial charge in [0.1, 0.15) is 0 Å². The third-order valence-electron chi connectivity index (χ3n) is 18.1. The SMILES string of the molecule is CCCCOCC1N(c2ccccc2)C(c2ccccc2)C23C4=c5ccc6c7ccc8c9ccc%10c%11ccc%12c%13c(c%14c%15c2c5c6c2c7c8c5c9c%10c(c%13%11)c%14c5c%152)C13C=%12C=C4. The number of rotatable bonds is 7. The molecular formula is C59H33NO. The average molecular weight is 772 g/mol. The highest BCUT2D eigenvalue weighted by molar-refractivity contribution is 6.64. The van der Waals surface area contributed by atoms with Gasteiger partial charge in [0.15, 0.2) is 0 Å². The second-order valence-electron chi connectivity index (χ2n) is 19.7. The maximum Gasteiger partial charge on any atom is 0.0698 e. The van der Waals surface area contributed by atoms with Gasteiger partial charge in [0, 0.05) is 12.3 Å². The fourth-order valence-corrected chi connectivity index (χ4v) is 16.8. The Labute approximate surface area is 347 Å². The average Bonchev–Trinajstić information content (AvgIpc) is 4.15. The van der Waals surface area contributed by atoms with Crippen LogP contribution in [0.3, 0.4) is 0 Å². The number of ether oxygens (including phenoxy) is 1. The van der Waals surface area contributed by atoms with Crippen molar-refractivity contribution < 1.29 is 4.74 Å². The first-order chi connectivity index (χ1) is 30.3. The lowest BCUT2D eigenvalue weighted by atomic mass is 9.46. The minimum absolute atomic E-state index is 0.0136. The van der Waals surface area contributed by atoms with E-state index in [9.17, 15) is 0 Å². The number of hydrogen-bond donors (Lipinski definition) is 0. The van der Waals surface area contributed by atoms with Gasteiger partial charge in [-0.15, -0.1) is 0 Å². The fourth-order valence-electron chi connectivity index (χ4n) is 16.8. The lowest BCUT2D eigenvalue weighted by molar-refractivity contribution is 0.106. The summed E-state index contributed by atoms with van der Waals surface area (Å²) >= 11 is 0. The zero-order valence-electron chi connectivity index (χ0n) is 33.4. The molecule has 0 aromatic heterocycles. The van der Waals surface area contributed by atoms with Crippen molar-refractivity contribution in [3.05, 3.63) is 148 Å². The monoisotopic (exact) mass is 771 g/mol. The first-order valence-corrected chi connectivity index (χ1v) is 22.7. The highest BCUT2D eigenvalue weighted by Crippen LogP contribution is 2.80. The molecule has 280 valence electrons. The summed E-state index contributed by atoms with van der Waals surface area (Å²) in [6.45, 7) is 3.72. The number of para-hydroxylation sites is 1. The van der Waals surface area contributed by atoms with Gasteiger partial charge in [-0.1, -0.05) is 123 Å². The maximum absolute atomic E-state index is 7.14. The summed E-state index contributed by atoms with van der Waals surface area (Å²) in [5, 5.41) is 36.1. The Hall–Kier alpha value is -6.74. The molecule has 1 aliphatic heterocycles. The number of hydrogen-bond acceptors (Lipinski definition) is 2. The van der Waals surface area contributed by atoms with Gasteiger partial charge in [0.05, 0.1) is 29.5 Å². The standard InChI is InChI=1S/C59H33NO/c1-2-3-24-61-25-38-58-36-22-23-37-35-21-19-33-31-17-15-29-28-14-16-30-32-18-20-34(36)45-43(32)48-41(30)39(28)47-40(29)42(31)49-44(33)46(35)56(54-52(49)50(47)51(48)53(54)55(45)58)59(37,58)57(26-10-6-4-7-11-26)60(38)27-12-8-5-9-13-27/h4-23,38,57H,2-3,24-25H2,1H3. The van der Waals surface area contributed by atoms with Gasteiger partial charge < -0.3 is 9.64 Å². The molecule has 14 aromatic rings. The van der Waals surface area contributed by atoms with Crippen molar-refractivity contribution in [2.75, 3.05) is 18.1 Å². The van der Waals surface area contributed by atoms with Crippen LogP contribution in [0.5, 0.6) is 0 Å². The van der Waals surface area contributed by atoms with Crippen LogP contribution in [0.25, 0.3) is 130 Å². The van der Waals surface area contributed by atoms with Gasteiger partial charge in [-0.25, -0.2) is 0 Å². The van der Waals surface area contributed by atoms with E-state index in [0.29, 0.717) is 6.61 Å². The molecule has 1 heterocycles. The van der Waals surface area contributed by atoms with Gasteiger partial charge in [-0.05, 0) is 175 Å². The molecule has 4 unspecified atom stereocenters. The molecule has 0 saturated carbocycles. The molecule has 2 heteroatoms. The van der Waals surface area contributed by atoms with E-state index in [4.69, 9.17) is 4.74 Å². The molecule has 4 aliphatic carbocycles. The lowest BCUT2D eigenvalue weighted by Gasteiger charge is -2.53. The van der Waals surface area contributed by atoms with Crippen LogP contribution in [0.15, 0.2) is 121 Å². The normalized spacial score (nSPS) is 23.8. The molecule has 0 amide bonds. The van der Waals surface area contributed by atoms with Gasteiger partial charge in [0.2, 0.25) is 0 Å². The Morgan fingerprint density at radius 3 is 1.44 bits per heavy atom. The summed E-state index contributed by atoms with van der Waals surface area (Å²) in [6.07, 6.45) is 7.42. The van der Waals surface area contributed by atoms with Crippen LogP contribution in [0, 0.1) is 0 Å². The summed E-state index contributed by atoms with van der Waals surface area (Å²) in [5.74, 6) is 0. The molecule has 0 bridgehead atoms. The lowest BCUT2D eigenvalue weighted by Crippen LogP contribution is -2.56. The number of unbranched alkanes of at least 4 members (excludes halogenated alkanes) is 1. The molecule has 19 rings (SSSR count). The van der Waals surface area contributed by atoms with E-state index in [1.165, 1.54) is 124 Å². The summed E-state index contributed by atoms with van der Waals surface area (Å²) in [7, 11) is 0. The van der Waals surface area contributed by atoms with Gasteiger partial charge in [0.25, 0.3) is 0 Å². The van der Waals surface area contributed by atoms with Crippen molar-refractivity contribution in [2.45, 2.75) is 42.7 Å². The molecule has 5 aliphatic rings. The van der Waals surface area contributed by atoms with E-state index in [1.54, 1.807) is 38.1 Å². The highest BCUT2D eigenvalue weighted by Gasteiger charge is 2.77. The predicted octanol–water partition coefficient (Wildman–Crippen LogP) is 12.7. The van der Waals surface area contributed by atoms with Crippen LogP contribution in [-0.4, -0.2) is 19.3 Å². The van der Waals surface area contributed by atoms with Crippen LogP contribution in [0.1, 0.15) is 42.5 Å². The molecule has 1 saturated heterocycles. The van der Waals surface area contributed by atoms with Crippen LogP contribution < -0.4 is 15.3 Å². The topological polar surface area (TPSA) is 12.5 Å². The van der Waals surface area contributed by atoms with Crippen LogP contribution in [0.2, 0.25) is 0 Å². The van der Waals surface area contributed by atoms with E-state index in [1.807, 2.05) is 0 Å². The quantitative estimate of drug-likeness (QED) is 0.118. The molecular weight excluding hydrogens is 739 g/mol. The second kappa shape index (κ2) is 8.71. The minimum atomic E-state index is -0.422. The number of benzene rings is 10. The maximum atomic E-state index is 7.14. The van der Waals surface area contributed by atoms with E-state index in [-0.39, 0.29) is 12.1 Å². The molecule has 61 heavy (non-hydrogen) atoms. The second-order valence-corrected chi connectivity index (χ2v) is 19.7. The van der Waals surface area contributed by atoms with E-state index >= 15 is 0 Å². The zero-order chi connectivity index (χ0) is 38.7. The summed E-state index contributed by atoms with van der Waals surface area (Å²) < 4.78 is 7.14. The third kappa shape index (κ3) is 2.40. The minimum Gasteiger partial charge on any atom is -0.379 e. The van der Waals surface area contributed by atoms with Gasteiger partial charge in [-0.2, -0.15) is 0 Å². The van der Waals surface area contributed by atoms with Gasteiger partial charge in [-0.3, -0.25) is 0 Å². The number of anilines is 1.